The van der Waals surface area contributed by atoms with E-state index in [0.717, 1.165) is 4.31 Å². The Balaban J connectivity index is 2.14. The summed E-state index contributed by atoms with van der Waals surface area (Å²) in [5.41, 5.74) is 0.843. The predicted octanol–water partition coefficient (Wildman–Crippen LogP) is 2.23. The minimum absolute atomic E-state index is 0.0363. The number of rotatable bonds is 2. The van der Waals surface area contributed by atoms with E-state index < -0.39 is 10.0 Å². The molecule has 0 amide bonds. The van der Waals surface area contributed by atoms with Gasteiger partial charge in [-0.05, 0) is 36.4 Å². The lowest BCUT2D eigenvalue weighted by Crippen LogP contribution is -2.29. The van der Waals surface area contributed by atoms with Gasteiger partial charge in [0, 0.05) is 5.56 Å². The number of methoxy groups -OCH3 is 1. The molecule has 0 fully saturated rings. The summed E-state index contributed by atoms with van der Waals surface area (Å²) in [5, 5.41) is 8.09. The maximum Gasteiger partial charge on any atom is 0.270 e. The number of ether oxygens (including phenoxy) is 1. The molecule has 0 saturated carbocycles. The number of benzene rings is 2. The molecule has 20 heavy (non-hydrogen) atoms. The van der Waals surface area contributed by atoms with Crippen LogP contribution in [0.4, 0.5) is 5.69 Å². The molecule has 0 atom stereocenters. The van der Waals surface area contributed by atoms with Gasteiger partial charge in [-0.2, -0.15) is 0 Å². The second kappa shape index (κ2) is 4.35. The zero-order valence-corrected chi connectivity index (χ0v) is 11.5. The van der Waals surface area contributed by atoms with Crippen LogP contribution < -0.4 is 9.04 Å². The highest BCUT2D eigenvalue weighted by atomic mass is 32.2. The number of hydrogen-bond acceptors (Lipinski definition) is 4. The van der Waals surface area contributed by atoms with E-state index >= 15 is 0 Å². The Morgan fingerprint density at radius 3 is 2.30 bits per heavy atom. The lowest BCUT2D eigenvalue weighted by atomic mass is 10.2. The number of nitrogens with zero attached hydrogens (tertiary/aromatic N) is 1. The Kier molecular flexibility index (Phi) is 2.76. The Morgan fingerprint density at radius 2 is 1.70 bits per heavy atom. The highest BCUT2D eigenvalue weighted by Crippen LogP contribution is 2.34. The van der Waals surface area contributed by atoms with Gasteiger partial charge in [0.1, 0.15) is 11.6 Å². The first-order valence-corrected chi connectivity index (χ1v) is 7.37. The summed E-state index contributed by atoms with van der Waals surface area (Å²) >= 11 is 0. The van der Waals surface area contributed by atoms with Crippen molar-refractivity contribution in [3.05, 3.63) is 54.1 Å². The quantitative estimate of drug-likeness (QED) is 0.921. The molecule has 0 radical (unpaired) electrons. The van der Waals surface area contributed by atoms with Crippen molar-refractivity contribution >= 4 is 21.5 Å². The number of fused-ring (bicyclic) bond motifs is 1. The molecule has 5 nitrogen and oxygen atoms in total. The highest BCUT2D eigenvalue weighted by molar-refractivity contribution is 7.94. The van der Waals surface area contributed by atoms with Crippen LogP contribution in [-0.2, 0) is 10.0 Å². The average Bonchev–Trinajstić information content (AvgIpc) is 2.67. The fourth-order valence-electron chi connectivity index (χ4n) is 2.20. The van der Waals surface area contributed by atoms with E-state index in [1.165, 1.54) is 6.07 Å². The number of nitrogens with one attached hydrogen (secondary N) is 1. The van der Waals surface area contributed by atoms with Crippen LogP contribution >= 0.6 is 0 Å². The van der Waals surface area contributed by atoms with Crippen LogP contribution in [0.5, 0.6) is 5.75 Å². The normalized spacial score (nSPS) is 16.1. The molecule has 0 aliphatic carbocycles. The van der Waals surface area contributed by atoms with E-state index in [-0.39, 0.29) is 10.7 Å². The molecule has 0 spiro atoms. The van der Waals surface area contributed by atoms with Gasteiger partial charge in [-0.15, -0.1) is 0 Å². The summed E-state index contributed by atoms with van der Waals surface area (Å²) in [5.74, 6) is 0.597. The van der Waals surface area contributed by atoms with Crippen LogP contribution in [0.3, 0.4) is 0 Å². The van der Waals surface area contributed by atoms with Crippen LogP contribution in [0, 0.1) is 5.41 Å². The van der Waals surface area contributed by atoms with Crippen LogP contribution in [0.1, 0.15) is 5.56 Å². The minimum Gasteiger partial charge on any atom is -0.497 e. The minimum atomic E-state index is -3.70. The molecule has 2 aromatic carbocycles. The first kappa shape index (κ1) is 12.7. The third-order valence-electron chi connectivity index (χ3n) is 3.17. The molecule has 3 rings (SSSR count). The topological polar surface area (TPSA) is 70.5 Å². The van der Waals surface area contributed by atoms with Gasteiger partial charge >= 0.3 is 0 Å². The van der Waals surface area contributed by atoms with Gasteiger partial charge in [-0.25, -0.2) is 12.7 Å². The van der Waals surface area contributed by atoms with E-state index in [9.17, 15) is 8.42 Å². The molecule has 1 heterocycles. The van der Waals surface area contributed by atoms with Crippen molar-refractivity contribution < 1.29 is 13.2 Å². The van der Waals surface area contributed by atoms with Crippen molar-refractivity contribution in [2.75, 3.05) is 11.4 Å². The van der Waals surface area contributed by atoms with E-state index in [0.29, 0.717) is 17.0 Å². The summed E-state index contributed by atoms with van der Waals surface area (Å²) in [7, 11) is -2.16. The van der Waals surface area contributed by atoms with Crippen molar-refractivity contribution in [3.8, 4) is 5.75 Å². The molecule has 0 bridgehead atoms. The molecule has 1 N–H and O–H groups in total. The Bertz CT molecular complexity index is 782. The van der Waals surface area contributed by atoms with E-state index in [2.05, 4.69) is 0 Å². The Labute approximate surface area is 117 Å². The van der Waals surface area contributed by atoms with Gasteiger partial charge in [0.25, 0.3) is 10.0 Å². The first-order valence-electron chi connectivity index (χ1n) is 5.93. The summed E-state index contributed by atoms with van der Waals surface area (Å²) in [6, 6.07) is 13.1. The lowest BCUT2D eigenvalue weighted by molar-refractivity contribution is 0.415. The third kappa shape index (κ3) is 1.69. The molecule has 0 unspecified atom stereocenters. The fraction of sp³-hybridized carbons (Fsp3) is 0.0714. The number of amidine groups is 1. The van der Waals surface area contributed by atoms with Crippen LogP contribution in [-0.4, -0.2) is 21.4 Å². The van der Waals surface area contributed by atoms with Crippen molar-refractivity contribution in [3.63, 3.8) is 0 Å². The van der Waals surface area contributed by atoms with Gasteiger partial charge < -0.3 is 4.74 Å². The maximum atomic E-state index is 12.5. The van der Waals surface area contributed by atoms with Crippen molar-refractivity contribution in [1.82, 2.24) is 0 Å². The van der Waals surface area contributed by atoms with Crippen LogP contribution in [0.15, 0.2) is 53.4 Å². The molecule has 0 aromatic heterocycles. The summed E-state index contributed by atoms with van der Waals surface area (Å²) < 4.78 is 31.1. The number of hydrogen-bond donors (Lipinski definition) is 1. The smallest absolute Gasteiger partial charge is 0.270 e. The second-order valence-corrected chi connectivity index (χ2v) is 6.07. The molecule has 6 heteroatoms. The van der Waals surface area contributed by atoms with Gasteiger partial charge in [-0.3, -0.25) is 5.41 Å². The Morgan fingerprint density at radius 1 is 1.05 bits per heavy atom. The Hall–Kier alpha value is -2.34. The van der Waals surface area contributed by atoms with E-state index in [1.807, 2.05) is 0 Å². The molecule has 1 aliphatic heterocycles. The van der Waals surface area contributed by atoms with Crippen LogP contribution in [0.2, 0.25) is 0 Å². The monoisotopic (exact) mass is 288 g/mol. The van der Waals surface area contributed by atoms with Gasteiger partial charge in [0.2, 0.25) is 0 Å². The van der Waals surface area contributed by atoms with Crippen LogP contribution in [0.25, 0.3) is 0 Å². The van der Waals surface area contributed by atoms with Crippen molar-refractivity contribution in [2.24, 2.45) is 0 Å². The summed E-state index contributed by atoms with van der Waals surface area (Å²) in [4.78, 5) is 0.167. The van der Waals surface area contributed by atoms with Gasteiger partial charge in [0.05, 0.1) is 17.7 Å². The average molecular weight is 288 g/mol. The summed E-state index contributed by atoms with van der Waals surface area (Å²) in [6.07, 6.45) is 0. The zero-order valence-electron chi connectivity index (χ0n) is 10.7. The number of sulfonamides is 1. The van der Waals surface area contributed by atoms with Gasteiger partial charge in [-0.1, -0.05) is 12.1 Å². The molecule has 0 saturated heterocycles. The molecular formula is C14H12N2O3S. The molecule has 1 aliphatic rings. The van der Waals surface area contributed by atoms with Crippen molar-refractivity contribution in [2.45, 2.75) is 4.90 Å². The van der Waals surface area contributed by atoms with Crippen molar-refractivity contribution in [1.29, 1.82) is 5.41 Å². The molecule has 2 aromatic rings. The van der Waals surface area contributed by atoms with E-state index in [1.54, 1.807) is 49.6 Å². The zero-order chi connectivity index (χ0) is 14.3. The second-order valence-electron chi connectivity index (χ2n) is 4.31. The lowest BCUT2D eigenvalue weighted by Gasteiger charge is -2.17. The maximum absolute atomic E-state index is 12.5. The fourth-order valence-corrected chi connectivity index (χ4v) is 3.83. The largest absolute Gasteiger partial charge is 0.497 e. The first-order chi connectivity index (χ1) is 9.55. The molecular weight excluding hydrogens is 276 g/mol. The SMILES string of the molecule is COc1ccc(N2C(=N)c3ccccc3S2(=O)=O)cc1. The standard InChI is InChI=1S/C14H12N2O3S/c1-19-11-8-6-10(7-9-11)16-14(15)12-4-2-3-5-13(12)20(16,17)18/h2-9,15H,1H3. The summed E-state index contributed by atoms with van der Waals surface area (Å²) in [6.45, 7) is 0. The highest BCUT2D eigenvalue weighted by Gasteiger charge is 2.39. The molecule has 102 valence electrons. The van der Waals surface area contributed by atoms with E-state index in [4.69, 9.17) is 10.1 Å². The third-order valence-corrected chi connectivity index (χ3v) is 4.96. The number of anilines is 1. The predicted molar refractivity (Wildman–Crippen MR) is 75.9 cm³/mol. The van der Waals surface area contributed by atoms with Gasteiger partial charge in [0.15, 0.2) is 0 Å².